The largest absolute Gasteiger partial charge is 0.493 e. The minimum atomic E-state index is -0.461. The monoisotopic (exact) mass is 252 g/mol. The molecule has 18 heavy (non-hydrogen) atoms. The molecule has 0 bridgehead atoms. The molecule has 1 aromatic rings. The van der Waals surface area contributed by atoms with Crippen molar-refractivity contribution in [2.24, 2.45) is 0 Å². The normalized spacial score (nSPS) is 13.4. The number of aliphatic hydroxyl groups is 1. The summed E-state index contributed by atoms with van der Waals surface area (Å²) in [6, 6.07) is 7.64. The number of benzene rings is 1. The summed E-state index contributed by atoms with van der Waals surface area (Å²) in [6.07, 6.45) is 1.03. The Kier molecular flexibility index (Phi) is 5.63. The van der Waals surface area contributed by atoms with Gasteiger partial charge in [-0.25, -0.2) is 0 Å². The van der Waals surface area contributed by atoms with Gasteiger partial charge in [-0.2, -0.15) is 0 Å². The highest BCUT2D eigenvalue weighted by Crippen LogP contribution is 2.27. The van der Waals surface area contributed by atoms with Crippen LogP contribution in [0.15, 0.2) is 24.3 Å². The van der Waals surface area contributed by atoms with E-state index in [9.17, 15) is 5.11 Å². The quantitative estimate of drug-likeness (QED) is 0.809. The number of methoxy groups -OCH3 is 1. The minimum absolute atomic E-state index is 0.182. The van der Waals surface area contributed by atoms with Crippen LogP contribution in [0.1, 0.15) is 45.3 Å². The standard InChI is InChI=1S/C15H24O3/c1-5-13(16)12-8-6-7-9-14(12)18-11-10-15(2,3)17-4/h6-9,13,16H,5,10-11H2,1-4H3. The smallest absolute Gasteiger partial charge is 0.125 e. The maximum absolute atomic E-state index is 9.91. The van der Waals surface area contributed by atoms with Crippen LogP contribution in [0.25, 0.3) is 0 Å². The molecular formula is C15H24O3. The van der Waals surface area contributed by atoms with Crippen molar-refractivity contribution in [3.8, 4) is 5.75 Å². The molecule has 1 unspecified atom stereocenters. The molecule has 1 N–H and O–H groups in total. The lowest BCUT2D eigenvalue weighted by Gasteiger charge is -2.23. The van der Waals surface area contributed by atoms with E-state index in [1.54, 1.807) is 7.11 Å². The fraction of sp³-hybridized carbons (Fsp3) is 0.600. The average Bonchev–Trinajstić information content (AvgIpc) is 2.38. The fourth-order valence-corrected chi connectivity index (χ4v) is 1.62. The van der Waals surface area contributed by atoms with Crippen LogP contribution in [-0.2, 0) is 4.74 Å². The lowest BCUT2D eigenvalue weighted by atomic mass is 10.1. The second kappa shape index (κ2) is 6.76. The van der Waals surface area contributed by atoms with Gasteiger partial charge in [0.1, 0.15) is 5.75 Å². The Morgan fingerprint density at radius 1 is 1.28 bits per heavy atom. The number of para-hydroxylation sites is 1. The van der Waals surface area contributed by atoms with Crippen LogP contribution in [0.3, 0.4) is 0 Å². The maximum Gasteiger partial charge on any atom is 0.125 e. The number of rotatable bonds is 7. The summed E-state index contributed by atoms with van der Waals surface area (Å²) in [5, 5.41) is 9.91. The summed E-state index contributed by atoms with van der Waals surface area (Å²) in [6.45, 7) is 6.59. The second-order valence-corrected chi connectivity index (χ2v) is 5.02. The molecule has 0 aliphatic rings. The van der Waals surface area contributed by atoms with Crippen LogP contribution in [0, 0.1) is 0 Å². The molecule has 0 radical (unpaired) electrons. The van der Waals surface area contributed by atoms with Crippen LogP contribution < -0.4 is 4.74 Å². The predicted octanol–water partition coefficient (Wildman–Crippen LogP) is 3.32. The predicted molar refractivity (Wildman–Crippen MR) is 72.9 cm³/mol. The van der Waals surface area contributed by atoms with Crippen molar-refractivity contribution < 1.29 is 14.6 Å². The maximum atomic E-state index is 9.91. The molecule has 0 spiro atoms. The van der Waals surface area contributed by atoms with Crippen molar-refractivity contribution in [2.75, 3.05) is 13.7 Å². The first-order chi connectivity index (χ1) is 8.50. The van der Waals surface area contributed by atoms with E-state index < -0.39 is 6.10 Å². The SMILES string of the molecule is CCC(O)c1ccccc1OCCC(C)(C)OC. The zero-order valence-corrected chi connectivity index (χ0v) is 11.8. The van der Waals surface area contributed by atoms with Gasteiger partial charge >= 0.3 is 0 Å². The van der Waals surface area contributed by atoms with E-state index in [4.69, 9.17) is 9.47 Å². The van der Waals surface area contributed by atoms with E-state index in [-0.39, 0.29) is 5.60 Å². The van der Waals surface area contributed by atoms with E-state index in [1.165, 1.54) is 0 Å². The highest BCUT2D eigenvalue weighted by atomic mass is 16.5. The minimum Gasteiger partial charge on any atom is -0.493 e. The highest BCUT2D eigenvalue weighted by molar-refractivity contribution is 5.34. The van der Waals surface area contributed by atoms with Crippen molar-refractivity contribution >= 4 is 0 Å². The van der Waals surface area contributed by atoms with Crippen molar-refractivity contribution in [2.45, 2.75) is 45.3 Å². The van der Waals surface area contributed by atoms with E-state index in [1.807, 2.05) is 45.0 Å². The molecule has 3 nitrogen and oxygen atoms in total. The zero-order valence-electron chi connectivity index (χ0n) is 11.8. The third-order valence-electron chi connectivity index (χ3n) is 3.18. The number of ether oxygens (including phenoxy) is 2. The van der Waals surface area contributed by atoms with Crippen LogP contribution >= 0.6 is 0 Å². The van der Waals surface area contributed by atoms with Crippen molar-refractivity contribution in [3.05, 3.63) is 29.8 Å². The van der Waals surface area contributed by atoms with Crippen LogP contribution in [0.5, 0.6) is 5.75 Å². The topological polar surface area (TPSA) is 38.7 Å². The summed E-state index contributed by atoms with van der Waals surface area (Å²) in [4.78, 5) is 0. The second-order valence-electron chi connectivity index (χ2n) is 5.02. The van der Waals surface area contributed by atoms with E-state index in [0.29, 0.717) is 13.0 Å². The van der Waals surface area contributed by atoms with Gasteiger partial charge in [0.25, 0.3) is 0 Å². The van der Waals surface area contributed by atoms with Gasteiger partial charge < -0.3 is 14.6 Å². The van der Waals surface area contributed by atoms with Crippen molar-refractivity contribution in [3.63, 3.8) is 0 Å². The van der Waals surface area contributed by atoms with Crippen molar-refractivity contribution in [1.29, 1.82) is 0 Å². The fourth-order valence-electron chi connectivity index (χ4n) is 1.62. The Morgan fingerprint density at radius 3 is 2.56 bits per heavy atom. The number of aliphatic hydroxyl groups excluding tert-OH is 1. The molecular weight excluding hydrogens is 228 g/mol. The Morgan fingerprint density at radius 2 is 1.94 bits per heavy atom. The molecule has 1 rings (SSSR count). The molecule has 0 aliphatic carbocycles. The lowest BCUT2D eigenvalue weighted by molar-refractivity contribution is 0.00518. The summed E-state index contributed by atoms with van der Waals surface area (Å²) in [7, 11) is 1.70. The molecule has 1 atom stereocenters. The molecule has 0 saturated carbocycles. The highest BCUT2D eigenvalue weighted by Gasteiger charge is 2.17. The lowest BCUT2D eigenvalue weighted by Crippen LogP contribution is -2.25. The van der Waals surface area contributed by atoms with Gasteiger partial charge in [0.2, 0.25) is 0 Å². The van der Waals surface area contributed by atoms with E-state index in [0.717, 1.165) is 17.7 Å². The Labute approximate surface area is 110 Å². The van der Waals surface area contributed by atoms with E-state index in [2.05, 4.69) is 0 Å². The van der Waals surface area contributed by atoms with Crippen LogP contribution in [-0.4, -0.2) is 24.4 Å². The summed E-state index contributed by atoms with van der Waals surface area (Å²) >= 11 is 0. The number of hydrogen-bond acceptors (Lipinski definition) is 3. The van der Waals surface area contributed by atoms with E-state index >= 15 is 0 Å². The van der Waals surface area contributed by atoms with Gasteiger partial charge in [-0.15, -0.1) is 0 Å². The molecule has 1 aromatic carbocycles. The molecule has 0 heterocycles. The third kappa shape index (κ3) is 4.31. The first kappa shape index (κ1) is 15.0. The van der Waals surface area contributed by atoms with Gasteiger partial charge in [-0.3, -0.25) is 0 Å². The summed E-state index contributed by atoms with van der Waals surface area (Å²) in [5.74, 6) is 0.763. The molecule has 0 saturated heterocycles. The Bertz CT molecular complexity index is 361. The van der Waals surface area contributed by atoms with Gasteiger partial charge in [0.05, 0.1) is 18.3 Å². The third-order valence-corrected chi connectivity index (χ3v) is 3.18. The average molecular weight is 252 g/mol. The molecule has 0 aromatic heterocycles. The molecule has 3 heteroatoms. The van der Waals surface area contributed by atoms with Gasteiger partial charge in [0, 0.05) is 19.1 Å². The first-order valence-corrected chi connectivity index (χ1v) is 6.45. The van der Waals surface area contributed by atoms with Gasteiger partial charge in [-0.05, 0) is 26.3 Å². The van der Waals surface area contributed by atoms with Gasteiger partial charge in [0.15, 0.2) is 0 Å². The summed E-state index contributed by atoms with van der Waals surface area (Å²) < 4.78 is 11.1. The van der Waals surface area contributed by atoms with Gasteiger partial charge in [-0.1, -0.05) is 25.1 Å². The van der Waals surface area contributed by atoms with Crippen molar-refractivity contribution in [1.82, 2.24) is 0 Å². The van der Waals surface area contributed by atoms with Crippen LogP contribution in [0.4, 0.5) is 0 Å². The first-order valence-electron chi connectivity index (χ1n) is 6.45. The molecule has 0 aliphatic heterocycles. The number of hydrogen-bond donors (Lipinski definition) is 1. The molecule has 102 valence electrons. The Hall–Kier alpha value is -1.06. The Balaban J connectivity index is 2.62. The molecule has 0 amide bonds. The van der Waals surface area contributed by atoms with Crippen LogP contribution in [0.2, 0.25) is 0 Å². The molecule has 0 fully saturated rings. The zero-order chi connectivity index (χ0) is 13.6. The summed E-state index contributed by atoms with van der Waals surface area (Å²) in [5.41, 5.74) is 0.674.